The number of carbonyl (C=O) groups is 1. The van der Waals surface area contributed by atoms with Crippen molar-refractivity contribution in [3.8, 4) is 0 Å². The van der Waals surface area contributed by atoms with Crippen molar-refractivity contribution in [3.05, 3.63) is 36.0 Å². The third-order valence-corrected chi connectivity index (χ3v) is 3.96. The minimum absolute atomic E-state index is 0.0523. The van der Waals surface area contributed by atoms with Crippen molar-refractivity contribution in [2.75, 3.05) is 14.2 Å². The van der Waals surface area contributed by atoms with E-state index in [-0.39, 0.29) is 12.0 Å². The molecule has 2 atom stereocenters. The number of para-hydroxylation sites is 1. The molecular formula is C15H18N2O3. The van der Waals surface area contributed by atoms with Crippen LogP contribution < -0.4 is 0 Å². The van der Waals surface area contributed by atoms with Gasteiger partial charge in [0.05, 0.1) is 13.2 Å². The number of rotatable bonds is 2. The fourth-order valence-electron chi connectivity index (χ4n) is 2.88. The summed E-state index contributed by atoms with van der Waals surface area (Å²) < 4.78 is 6.91. The number of hydrogen-bond acceptors (Lipinski definition) is 4. The van der Waals surface area contributed by atoms with E-state index < -0.39 is 6.10 Å². The largest absolute Gasteiger partial charge is 0.467 e. The molecule has 0 radical (unpaired) electrons. The highest BCUT2D eigenvalue weighted by Gasteiger charge is 2.38. The summed E-state index contributed by atoms with van der Waals surface area (Å²) in [7, 11) is 5.28. The van der Waals surface area contributed by atoms with E-state index in [0.29, 0.717) is 6.42 Å². The number of benzene rings is 1. The molecule has 5 heteroatoms. The number of hydroxylamine groups is 2. The average Bonchev–Trinajstić information content (AvgIpc) is 2.99. The van der Waals surface area contributed by atoms with Crippen molar-refractivity contribution < 1.29 is 14.4 Å². The van der Waals surface area contributed by atoms with Gasteiger partial charge in [0.1, 0.15) is 0 Å². The molecule has 1 aromatic heterocycles. The number of aryl methyl sites for hydroxylation is 1. The molecular weight excluding hydrogens is 256 g/mol. The maximum absolute atomic E-state index is 11.6. The molecule has 2 aromatic rings. The Kier molecular flexibility index (Phi) is 3.23. The Labute approximate surface area is 117 Å². The van der Waals surface area contributed by atoms with Crippen LogP contribution in [0.25, 0.3) is 10.9 Å². The Balaban J connectivity index is 1.95. The summed E-state index contributed by atoms with van der Waals surface area (Å²) in [5.74, 6) is -0.321. The second kappa shape index (κ2) is 4.92. The van der Waals surface area contributed by atoms with Crippen LogP contribution in [0.15, 0.2) is 30.3 Å². The van der Waals surface area contributed by atoms with Gasteiger partial charge in [0.2, 0.25) is 0 Å². The lowest BCUT2D eigenvalue weighted by molar-refractivity contribution is -0.179. The molecule has 1 fully saturated rings. The van der Waals surface area contributed by atoms with Gasteiger partial charge in [-0.15, -0.1) is 0 Å². The van der Waals surface area contributed by atoms with Crippen LogP contribution in [0.5, 0.6) is 0 Å². The molecule has 20 heavy (non-hydrogen) atoms. The molecule has 5 nitrogen and oxygen atoms in total. The van der Waals surface area contributed by atoms with Crippen LogP contribution in [0.4, 0.5) is 0 Å². The molecule has 0 amide bonds. The van der Waals surface area contributed by atoms with E-state index in [1.807, 2.05) is 26.2 Å². The summed E-state index contributed by atoms with van der Waals surface area (Å²) >= 11 is 0. The highest BCUT2D eigenvalue weighted by molar-refractivity contribution is 5.81. The number of fused-ring (bicyclic) bond motifs is 1. The van der Waals surface area contributed by atoms with E-state index >= 15 is 0 Å². The van der Waals surface area contributed by atoms with Crippen molar-refractivity contribution in [2.24, 2.45) is 7.05 Å². The van der Waals surface area contributed by atoms with Gasteiger partial charge in [-0.1, -0.05) is 18.2 Å². The predicted molar refractivity (Wildman–Crippen MR) is 74.9 cm³/mol. The Bertz CT molecular complexity index is 650. The Morgan fingerprint density at radius 3 is 2.80 bits per heavy atom. The number of ether oxygens (including phenoxy) is 1. The zero-order valence-electron chi connectivity index (χ0n) is 11.9. The SMILES string of the molecule is COC(=O)[C@H]1C[C@H](c2cc3ccccc3n2C)N(C)O1. The number of methoxy groups -OCH3 is 1. The summed E-state index contributed by atoms with van der Waals surface area (Å²) in [5, 5.41) is 2.94. The van der Waals surface area contributed by atoms with Gasteiger partial charge in [-0.3, -0.25) is 4.84 Å². The van der Waals surface area contributed by atoms with E-state index in [1.165, 1.54) is 18.0 Å². The highest BCUT2D eigenvalue weighted by Crippen LogP contribution is 2.35. The fraction of sp³-hybridized carbons (Fsp3) is 0.400. The number of nitrogens with zero attached hydrogens (tertiary/aromatic N) is 2. The van der Waals surface area contributed by atoms with E-state index in [9.17, 15) is 4.79 Å². The summed E-state index contributed by atoms with van der Waals surface area (Å²) in [6.45, 7) is 0. The van der Waals surface area contributed by atoms with Crippen LogP contribution in [0.1, 0.15) is 18.2 Å². The predicted octanol–water partition coefficient (Wildman–Crippen LogP) is 2.03. The van der Waals surface area contributed by atoms with Crippen molar-refractivity contribution >= 4 is 16.9 Å². The first kappa shape index (κ1) is 13.1. The topological polar surface area (TPSA) is 43.7 Å². The summed E-state index contributed by atoms with van der Waals surface area (Å²) in [6.07, 6.45) is 0.0841. The highest BCUT2D eigenvalue weighted by atomic mass is 16.7. The van der Waals surface area contributed by atoms with E-state index in [0.717, 1.165) is 5.69 Å². The second-order valence-corrected chi connectivity index (χ2v) is 5.10. The molecule has 3 rings (SSSR count). The first-order chi connectivity index (χ1) is 9.61. The number of carbonyl (C=O) groups excluding carboxylic acids is 1. The summed E-state index contributed by atoms with van der Waals surface area (Å²) in [5.41, 5.74) is 2.32. The van der Waals surface area contributed by atoms with E-state index in [1.54, 1.807) is 5.06 Å². The van der Waals surface area contributed by atoms with Gasteiger partial charge in [-0.25, -0.2) is 4.79 Å². The van der Waals surface area contributed by atoms with Crippen molar-refractivity contribution in [1.82, 2.24) is 9.63 Å². The molecule has 0 N–H and O–H groups in total. The van der Waals surface area contributed by atoms with Gasteiger partial charge in [0.25, 0.3) is 0 Å². The average molecular weight is 274 g/mol. The summed E-state index contributed by atoms with van der Waals surface area (Å²) in [4.78, 5) is 17.2. The van der Waals surface area contributed by atoms with Crippen molar-refractivity contribution in [1.29, 1.82) is 0 Å². The quantitative estimate of drug-likeness (QED) is 0.786. The molecule has 2 heterocycles. The molecule has 1 aliphatic heterocycles. The Morgan fingerprint density at radius 1 is 1.35 bits per heavy atom. The van der Waals surface area contributed by atoms with Crippen LogP contribution in [-0.2, 0) is 21.4 Å². The zero-order chi connectivity index (χ0) is 14.3. The molecule has 1 saturated heterocycles. The molecule has 1 aliphatic rings. The third-order valence-electron chi connectivity index (χ3n) is 3.96. The molecule has 0 unspecified atom stereocenters. The minimum atomic E-state index is -0.520. The van der Waals surface area contributed by atoms with Gasteiger partial charge in [-0.2, -0.15) is 5.06 Å². The lowest BCUT2D eigenvalue weighted by Crippen LogP contribution is -2.23. The number of aromatic nitrogens is 1. The van der Waals surface area contributed by atoms with Crippen LogP contribution in [0.2, 0.25) is 0 Å². The van der Waals surface area contributed by atoms with E-state index in [4.69, 9.17) is 9.57 Å². The maximum Gasteiger partial charge on any atom is 0.337 e. The van der Waals surface area contributed by atoms with Gasteiger partial charge < -0.3 is 9.30 Å². The number of esters is 1. The lowest BCUT2D eigenvalue weighted by atomic mass is 10.1. The minimum Gasteiger partial charge on any atom is -0.467 e. The van der Waals surface area contributed by atoms with Crippen molar-refractivity contribution in [3.63, 3.8) is 0 Å². The molecule has 106 valence electrons. The van der Waals surface area contributed by atoms with Crippen LogP contribution in [0.3, 0.4) is 0 Å². The van der Waals surface area contributed by atoms with Gasteiger partial charge in [0, 0.05) is 31.7 Å². The first-order valence-electron chi connectivity index (χ1n) is 6.63. The molecule has 0 saturated carbocycles. The standard InChI is InChI=1S/C15H18N2O3/c1-16-11-7-5-4-6-10(11)8-12(16)13-9-14(15(18)19-3)20-17(13)2/h4-8,13-14H,9H2,1-3H3/t13-,14-/m1/s1. The van der Waals surface area contributed by atoms with Gasteiger partial charge in [0.15, 0.2) is 6.10 Å². The number of hydrogen-bond donors (Lipinski definition) is 0. The molecule has 0 bridgehead atoms. The Hall–Kier alpha value is -1.85. The molecule has 1 aromatic carbocycles. The smallest absolute Gasteiger partial charge is 0.337 e. The Morgan fingerprint density at radius 2 is 2.10 bits per heavy atom. The van der Waals surface area contributed by atoms with Gasteiger partial charge >= 0.3 is 5.97 Å². The summed E-state index contributed by atoms with van der Waals surface area (Å²) in [6, 6.07) is 10.4. The van der Waals surface area contributed by atoms with Crippen LogP contribution in [-0.4, -0.2) is 35.9 Å². The first-order valence-corrected chi connectivity index (χ1v) is 6.63. The molecule has 0 aliphatic carbocycles. The van der Waals surface area contributed by atoms with Gasteiger partial charge in [-0.05, 0) is 17.5 Å². The maximum atomic E-state index is 11.6. The molecule has 0 spiro atoms. The second-order valence-electron chi connectivity index (χ2n) is 5.10. The zero-order valence-corrected chi connectivity index (χ0v) is 11.9. The third kappa shape index (κ3) is 1.99. The monoisotopic (exact) mass is 274 g/mol. The van der Waals surface area contributed by atoms with Crippen LogP contribution in [0, 0.1) is 0 Å². The van der Waals surface area contributed by atoms with Crippen molar-refractivity contribution in [2.45, 2.75) is 18.6 Å². The van der Waals surface area contributed by atoms with E-state index in [2.05, 4.69) is 22.8 Å². The lowest BCUT2D eigenvalue weighted by Gasteiger charge is -2.18. The van der Waals surface area contributed by atoms with Crippen LogP contribution >= 0.6 is 0 Å². The fourth-order valence-corrected chi connectivity index (χ4v) is 2.88. The normalized spacial score (nSPS) is 23.4.